The summed E-state index contributed by atoms with van der Waals surface area (Å²) in [5, 5.41) is 15.3. The zero-order valence-corrected chi connectivity index (χ0v) is 12.8. The van der Waals surface area contributed by atoms with Crippen LogP contribution in [0.2, 0.25) is 0 Å². The molecule has 2 atom stereocenters. The molecule has 2 rings (SSSR count). The molecule has 0 saturated heterocycles. The average Bonchev–Trinajstić information content (AvgIpc) is 2.49. The predicted octanol–water partition coefficient (Wildman–Crippen LogP) is 3.52. The van der Waals surface area contributed by atoms with E-state index in [1.807, 2.05) is 19.1 Å². The highest BCUT2D eigenvalue weighted by Crippen LogP contribution is 2.19. The molecule has 2 aromatic carbocycles. The second-order valence-corrected chi connectivity index (χ2v) is 5.38. The third-order valence-corrected chi connectivity index (χ3v) is 3.39. The molecule has 4 nitrogen and oxygen atoms in total. The maximum absolute atomic E-state index is 13.2. The molecule has 122 valence electrons. The van der Waals surface area contributed by atoms with Crippen LogP contribution in [0.1, 0.15) is 24.2 Å². The minimum absolute atomic E-state index is 0.187. The fourth-order valence-corrected chi connectivity index (χ4v) is 2.16. The number of rotatable bonds is 4. The number of aryl methyl sites for hydroxylation is 1. The van der Waals surface area contributed by atoms with E-state index < -0.39 is 29.8 Å². The average molecular weight is 320 g/mol. The highest BCUT2D eigenvalue weighted by Gasteiger charge is 2.19. The van der Waals surface area contributed by atoms with Crippen molar-refractivity contribution in [1.29, 1.82) is 0 Å². The Hall–Kier alpha value is -2.47. The fourth-order valence-electron chi connectivity index (χ4n) is 2.16. The number of aliphatic hydroxyl groups excluding tert-OH is 1. The SMILES string of the molecule is Cc1cccc(NC(=O)NC(C)C(O)c2ccc(F)c(F)c2)c1. The number of anilines is 1. The van der Waals surface area contributed by atoms with Gasteiger partial charge in [-0.1, -0.05) is 18.2 Å². The molecule has 6 heteroatoms. The third-order valence-electron chi connectivity index (χ3n) is 3.39. The van der Waals surface area contributed by atoms with Crippen molar-refractivity contribution in [2.24, 2.45) is 0 Å². The predicted molar refractivity (Wildman–Crippen MR) is 84.1 cm³/mol. The minimum Gasteiger partial charge on any atom is -0.386 e. The quantitative estimate of drug-likeness (QED) is 0.807. The van der Waals surface area contributed by atoms with E-state index in [1.165, 1.54) is 6.07 Å². The van der Waals surface area contributed by atoms with E-state index in [2.05, 4.69) is 10.6 Å². The summed E-state index contributed by atoms with van der Waals surface area (Å²) in [5.74, 6) is -2.03. The van der Waals surface area contributed by atoms with Gasteiger partial charge in [0.15, 0.2) is 11.6 Å². The molecule has 2 amide bonds. The Bertz CT molecular complexity index is 707. The van der Waals surface area contributed by atoms with Gasteiger partial charge in [-0.2, -0.15) is 0 Å². The first-order chi connectivity index (χ1) is 10.9. The molecular formula is C17H18F2N2O2. The molecule has 0 aliphatic heterocycles. The Kier molecular flexibility index (Phi) is 5.28. The van der Waals surface area contributed by atoms with Gasteiger partial charge < -0.3 is 15.7 Å². The Balaban J connectivity index is 1.98. The second kappa shape index (κ2) is 7.19. The monoisotopic (exact) mass is 320 g/mol. The lowest BCUT2D eigenvalue weighted by Gasteiger charge is -2.21. The lowest BCUT2D eigenvalue weighted by Crippen LogP contribution is -2.39. The smallest absolute Gasteiger partial charge is 0.319 e. The van der Waals surface area contributed by atoms with E-state index in [9.17, 15) is 18.7 Å². The molecule has 0 aliphatic carbocycles. The molecule has 2 unspecified atom stereocenters. The highest BCUT2D eigenvalue weighted by molar-refractivity contribution is 5.89. The minimum atomic E-state index is -1.16. The summed E-state index contributed by atoms with van der Waals surface area (Å²) < 4.78 is 26.1. The number of aliphatic hydroxyl groups is 1. The van der Waals surface area contributed by atoms with Gasteiger partial charge in [0.25, 0.3) is 0 Å². The number of nitrogens with one attached hydrogen (secondary N) is 2. The molecule has 0 fully saturated rings. The van der Waals surface area contributed by atoms with Gasteiger partial charge >= 0.3 is 6.03 Å². The van der Waals surface area contributed by atoms with Gasteiger partial charge in [-0.25, -0.2) is 13.6 Å². The van der Waals surface area contributed by atoms with Gasteiger partial charge in [-0.3, -0.25) is 0 Å². The number of carbonyl (C=O) groups excluding carboxylic acids is 1. The molecule has 23 heavy (non-hydrogen) atoms. The van der Waals surface area contributed by atoms with Crippen LogP contribution < -0.4 is 10.6 Å². The summed E-state index contributed by atoms with van der Waals surface area (Å²) in [6.45, 7) is 3.47. The Labute approximate surface area is 133 Å². The van der Waals surface area contributed by atoms with Crippen LogP contribution in [0.25, 0.3) is 0 Å². The summed E-state index contributed by atoms with van der Waals surface area (Å²) in [4.78, 5) is 11.9. The van der Waals surface area contributed by atoms with Crippen molar-refractivity contribution in [3.8, 4) is 0 Å². The molecule has 0 aromatic heterocycles. The zero-order chi connectivity index (χ0) is 17.0. The molecule has 0 heterocycles. The molecule has 3 N–H and O–H groups in total. The van der Waals surface area contributed by atoms with Crippen LogP contribution in [-0.4, -0.2) is 17.2 Å². The van der Waals surface area contributed by atoms with Gasteiger partial charge in [-0.15, -0.1) is 0 Å². The Morgan fingerprint density at radius 2 is 1.87 bits per heavy atom. The fraction of sp³-hybridized carbons (Fsp3) is 0.235. The number of urea groups is 1. The zero-order valence-electron chi connectivity index (χ0n) is 12.8. The van der Waals surface area contributed by atoms with Crippen LogP contribution in [0.3, 0.4) is 0 Å². The van der Waals surface area contributed by atoms with Gasteiger partial charge in [0.2, 0.25) is 0 Å². The van der Waals surface area contributed by atoms with E-state index in [-0.39, 0.29) is 5.56 Å². The first-order valence-corrected chi connectivity index (χ1v) is 7.14. The summed E-state index contributed by atoms with van der Waals surface area (Å²) in [6, 6.07) is 9.20. The Morgan fingerprint density at radius 3 is 2.52 bits per heavy atom. The maximum atomic E-state index is 13.2. The Morgan fingerprint density at radius 1 is 1.13 bits per heavy atom. The van der Waals surface area contributed by atoms with Crippen molar-refractivity contribution in [3.05, 3.63) is 65.2 Å². The van der Waals surface area contributed by atoms with Gasteiger partial charge in [0, 0.05) is 5.69 Å². The van der Waals surface area contributed by atoms with Gasteiger partial charge in [-0.05, 0) is 49.2 Å². The van der Waals surface area contributed by atoms with E-state index >= 15 is 0 Å². The number of halogens is 2. The lowest BCUT2D eigenvalue weighted by molar-refractivity contribution is 0.138. The van der Waals surface area contributed by atoms with Crippen LogP contribution in [0.5, 0.6) is 0 Å². The number of hydrogen-bond acceptors (Lipinski definition) is 2. The highest BCUT2D eigenvalue weighted by atomic mass is 19.2. The van der Waals surface area contributed by atoms with Crippen LogP contribution in [-0.2, 0) is 0 Å². The number of hydrogen-bond donors (Lipinski definition) is 3. The van der Waals surface area contributed by atoms with Crippen LogP contribution in [0.4, 0.5) is 19.3 Å². The van der Waals surface area contributed by atoms with Crippen LogP contribution in [0, 0.1) is 18.6 Å². The normalized spacial score (nSPS) is 13.3. The summed E-state index contributed by atoms with van der Waals surface area (Å²) >= 11 is 0. The molecule has 0 saturated carbocycles. The summed E-state index contributed by atoms with van der Waals surface area (Å²) in [6.07, 6.45) is -1.16. The number of carbonyl (C=O) groups is 1. The molecule has 0 radical (unpaired) electrons. The van der Waals surface area contributed by atoms with Crippen molar-refractivity contribution in [3.63, 3.8) is 0 Å². The standard InChI is InChI=1S/C17H18F2N2O2/c1-10-4-3-5-13(8-10)21-17(23)20-11(2)16(22)12-6-7-14(18)15(19)9-12/h3-9,11,16,22H,1-2H3,(H2,20,21,23). The van der Waals surface area contributed by atoms with Crippen LogP contribution >= 0.6 is 0 Å². The van der Waals surface area contributed by atoms with Crippen molar-refractivity contribution in [2.75, 3.05) is 5.32 Å². The molecule has 0 spiro atoms. The van der Waals surface area contributed by atoms with E-state index in [0.717, 1.165) is 17.7 Å². The van der Waals surface area contributed by atoms with Crippen molar-refractivity contribution in [2.45, 2.75) is 26.0 Å². The molecular weight excluding hydrogens is 302 g/mol. The molecule has 2 aromatic rings. The maximum Gasteiger partial charge on any atom is 0.319 e. The van der Waals surface area contributed by atoms with E-state index in [4.69, 9.17) is 0 Å². The second-order valence-electron chi connectivity index (χ2n) is 5.38. The van der Waals surface area contributed by atoms with Crippen molar-refractivity contribution < 1.29 is 18.7 Å². The van der Waals surface area contributed by atoms with Crippen LogP contribution in [0.15, 0.2) is 42.5 Å². The topological polar surface area (TPSA) is 61.4 Å². The van der Waals surface area contributed by atoms with E-state index in [1.54, 1.807) is 19.1 Å². The first kappa shape index (κ1) is 16.9. The van der Waals surface area contributed by atoms with Gasteiger partial charge in [0.1, 0.15) is 0 Å². The van der Waals surface area contributed by atoms with E-state index in [0.29, 0.717) is 5.69 Å². The van der Waals surface area contributed by atoms with Gasteiger partial charge in [0.05, 0.1) is 12.1 Å². The summed E-state index contributed by atoms with van der Waals surface area (Å²) in [7, 11) is 0. The largest absolute Gasteiger partial charge is 0.386 e. The summed E-state index contributed by atoms with van der Waals surface area (Å²) in [5.41, 5.74) is 1.81. The number of benzene rings is 2. The molecule has 0 bridgehead atoms. The lowest BCUT2D eigenvalue weighted by atomic mass is 10.0. The molecule has 0 aliphatic rings. The first-order valence-electron chi connectivity index (χ1n) is 7.14. The third kappa shape index (κ3) is 4.50. The number of amides is 2. The van der Waals surface area contributed by atoms with Crippen molar-refractivity contribution in [1.82, 2.24) is 5.32 Å². The van der Waals surface area contributed by atoms with Crippen molar-refractivity contribution >= 4 is 11.7 Å².